The molecule has 0 aliphatic rings. The molecule has 124 valence electrons. The van der Waals surface area contributed by atoms with Gasteiger partial charge in [-0.05, 0) is 36.4 Å². The second-order valence-electron chi connectivity index (χ2n) is 4.98. The first-order valence-electron chi connectivity index (χ1n) is 7.34. The molecule has 0 aromatic heterocycles. The van der Waals surface area contributed by atoms with E-state index in [-0.39, 0.29) is 12.4 Å². The fraction of sp³-hybridized carbons (Fsp3) is 0.0526. The van der Waals surface area contributed by atoms with Crippen molar-refractivity contribution in [1.82, 2.24) is 0 Å². The van der Waals surface area contributed by atoms with Crippen LogP contribution >= 0.6 is 7.94 Å². The van der Waals surface area contributed by atoms with Crippen molar-refractivity contribution in [3.63, 3.8) is 0 Å². The monoisotopic (exact) mass is 360 g/mol. The molecule has 3 aromatic rings. The van der Waals surface area contributed by atoms with Crippen LogP contribution in [0.15, 0.2) is 91.0 Å². The molecule has 0 saturated heterocycles. The van der Waals surface area contributed by atoms with E-state index in [2.05, 4.69) is 0 Å². The van der Waals surface area contributed by atoms with Gasteiger partial charge in [-0.3, -0.25) is 13.6 Å². The molecule has 3 nitrogen and oxygen atoms in total. The molecule has 0 atom stereocenters. The second-order valence-corrected chi connectivity index (χ2v) is 7.07. The lowest BCUT2D eigenvalue weighted by Crippen LogP contribution is -3.00. The minimum atomic E-state index is -2.64. The van der Waals surface area contributed by atoms with Crippen molar-refractivity contribution in [2.24, 2.45) is 0 Å². The Bertz CT molecular complexity index is 622. The number of halogens is 1. The Balaban J connectivity index is 0.00000208. The molecule has 0 bridgehead atoms. The van der Waals surface area contributed by atoms with Gasteiger partial charge in [0.15, 0.2) is 23.9 Å². The van der Waals surface area contributed by atoms with E-state index in [4.69, 9.17) is 13.6 Å². The average Bonchev–Trinajstić information content (AvgIpc) is 2.57. The van der Waals surface area contributed by atoms with Gasteiger partial charge in [0.05, 0.1) is 0 Å². The Hall–Kier alpha value is -2.22. The fourth-order valence-electron chi connectivity index (χ4n) is 2.07. The van der Waals surface area contributed by atoms with E-state index in [1.165, 1.54) is 0 Å². The van der Waals surface area contributed by atoms with Crippen LogP contribution in [0.5, 0.6) is 17.2 Å². The standard InChI is InChI=1S/C19H18O3P.ClH/c1-23(20-17-11-5-2-6-12-17,21-18-13-7-3-8-14-18)22-19-15-9-4-10-16-19;/h2-16H,1H3;1H/q+1;/p-1. The third kappa shape index (κ3) is 5.16. The zero-order chi connectivity index (χ0) is 16.0. The van der Waals surface area contributed by atoms with Crippen LogP contribution in [0, 0.1) is 0 Å². The molecule has 0 fully saturated rings. The molecule has 0 radical (unpaired) electrons. The lowest BCUT2D eigenvalue weighted by atomic mass is 10.3. The SMILES string of the molecule is C[P+](Oc1ccccc1)(Oc1ccccc1)Oc1ccccc1.[Cl-]. The summed E-state index contributed by atoms with van der Waals surface area (Å²) in [6, 6.07) is 28.7. The van der Waals surface area contributed by atoms with Gasteiger partial charge in [0.2, 0.25) is 0 Å². The van der Waals surface area contributed by atoms with Gasteiger partial charge in [0.1, 0.15) is 0 Å². The molecule has 0 N–H and O–H groups in total. The summed E-state index contributed by atoms with van der Waals surface area (Å²) in [4.78, 5) is 0. The summed E-state index contributed by atoms with van der Waals surface area (Å²) in [6.07, 6.45) is 0. The minimum absolute atomic E-state index is 0. The van der Waals surface area contributed by atoms with E-state index in [1.807, 2.05) is 97.7 Å². The molecule has 0 aliphatic carbocycles. The highest BCUT2D eigenvalue weighted by Crippen LogP contribution is 2.57. The van der Waals surface area contributed by atoms with Gasteiger partial charge in [0, 0.05) is 0 Å². The van der Waals surface area contributed by atoms with Gasteiger partial charge in [0.25, 0.3) is 0 Å². The predicted molar refractivity (Wildman–Crippen MR) is 94.1 cm³/mol. The van der Waals surface area contributed by atoms with E-state index >= 15 is 0 Å². The van der Waals surface area contributed by atoms with Gasteiger partial charge >= 0.3 is 7.94 Å². The Morgan fingerprint density at radius 3 is 1.00 bits per heavy atom. The third-order valence-corrected chi connectivity index (χ3v) is 4.67. The normalized spacial score (nSPS) is 10.4. The molecular weight excluding hydrogens is 343 g/mol. The van der Waals surface area contributed by atoms with E-state index in [0.717, 1.165) is 17.2 Å². The summed E-state index contributed by atoms with van der Waals surface area (Å²) < 4.78 is 18.2. The number of benzene rings is 3. The highest BCUT2D eigenvalue weighted by molar-refractivity contribution is 7.62. The van der Waals surface area contributed by atoms with Gasteiger partial charge in [-0.15, -0.1) is 0 Å². The number of para-hydroxylation sites is 3. The van der Waals surface area contributed by atoms with Crippen LogP contribution in [0.25, 0.3) is 0 Å². The van der Waals surface area contributed by atoms with Gasteiger partial charge in [-0.25, -0.2) is 0 Å². The molecule has 3 rings (SSSR count). The summed E-state index contributed by atoms with van der Waals surface area (Å²) in [6.45, 7) is 1.86. The number of rotatable bonds is 6. The molecule has 0 aliphatic heterocycles. The topological polar surface area (TPSA) is 27.7 Å². The zero-order valence-electron chi connectivity index (χ0n) is 13.2. The van der Waals surface area contributed by atoms with E-state index in [0.29, 0.717) is 0 Å². The van der Waals surface area contributed by atoms with Crippen molar-refractivity contribution in [1.29, 1.82) is 0 Å². The summed E-state index contributed by atoms with van der Waals surface area (Å²) in [7, 11) is -2.64. The van der Waals surface area contributed by atoms with Gasteiger partial charge in [-0.1, -0.05) is 54.6 Å². The summed E-state index contributed by atoms with van der Waals surface area (Å²) in [5.74, 6) is 2.15. The molecule has 0 spiro atoms. The highest BCUT2D eigenvalue weighted by Gasteiger charge is 2.43. The van der Waals surface area contributed by atoms with E-state index < -0.39 is 7.94 Å². The second kappa shape index (κ2) is 8.58. The number of hydrogen-bond donors (Lipinski definition) is 0. The van der Waals surface area contributed by atoms with Crippen LogP contribution in [-0.2, 0) is 0 Å². The molecule has 3 aromatic carbocycles. The predicted octanol–water partition coefficient (Wildman–Crippen LogP) is 2.62. The first-order chi connectivity index (χ1) is 11.2. The van der Waals surface area contributed by atoms with E-state index in [9.17, 15) is 0 Å². The highest BCUT2D eigenvalue weighted by atomic mass is 35.5. The molecular formula is C19H18ClO3P. The van der Waals surface area contributed by atoms with Crippen molar-refractivity contribution in [3.05, 3.63) is 91.0 Å². The summed E-state index contributed by atoms with van der Waals surface area (Å²) >= 11 is 0. The van der Waals surface area contributed by atoms with Crippen LogP contribution in [0.2, 0.25) is 0 Å². The van der Waals surface area contributed by atoms with Crippen LogP contribution < -0.4 is 26.0 Å². The molecule has 0 saturated carbocycles. The van der Waals surface area contributed by atoms with Crippen LogP contribution in [-0.4, -0.2) is 6.66 Å². The number of hydrogen-bond acceptors (Lipinski definition) is 3. The maximum atomic E-state index is 6.08. The van der Waals surface area contributed by atoms with Gasteiger partial charge < -0.3 is 12.4 Å². The van der Waals surface area contributed by atoms with Crippen molar-refractivity contribution >= 4 is 7.94 Å². The third-order valence-electron chi connectivity index (χ3n) is 3.04. The Morgan fingerprint density at radius 2 is 0.750 bits per heavy atom. The molecule has 0 heterocycles. The smallest absolute Gasteiger partial charge is 0.538 e. The Labute approximate surface area is 149 Å². The van der Waals surface area contributed by atoms with Crippen LogP contribution in [0.1, 0.15) is 0 Å². The lowest BCUT2D eigenvalue weighted by Gasteiger charge is -2.19. The first-order valence-corrected chi connectivity index (χ1v) is 9.33. The lowest BCUT2D eigenvalue weighted by molar-refractivity contribution is -0.00000764. The first kappa shape index (κ1) is 18.1. The minimum Gasteiger partial charge on any atom is -1.00 e. The maximum Gasteiger partial charge on any atom is 0.538 e. The van der Waals surface area contributed by atoms with Crippen LogP contribution in [0.3, 0.4) is 0 Å². The van der Waals surface area contributed by atoms with Crippen molar-refractivity contribution in [2.75, 3.05) is 6.66 Å². The largest absolute Gasteiger partial charge is 1.00 e. The maximum absolute atomic E-state index is 6.08. The average molecular weight is 361 g/mol. The summed E-state index contributed by atoms with van der Waals surface area (Å²) in [5, 5.41) is 0. The fourth-order valence-corrected chi connectivity index (χ4v) is 3.70. The zero-order valence-corrected chi connectivity index (χ0v) is 14.9. The molecule has 5 heteroatoms. The van der Waals surface area contributed by atoms with Gasteiger partial charge in [-0.2, -0.15) is 0 Å². The molecule has 24 heavy (non-hydrogen) atoms. The van der Waals surface area contributed by atoms with Crippen molar-refractivity contribution in [3.8, 4) is 17.2 Å². The summed E-state index contributed by atoms with van der Waals surface area (Å²) in [5.41, 5.74) is 0. The Morgan fingerprint density at radius 1 is 0.500 bits per heavy atom. The molecule has 0 unspecified atom stereocenters. The molecule has 0 amide bonds. The quantitative estimate of drug-likeness (QED) is 0.632. The van der Waals surface area contributed by atoms with Crippen molar-refractivity contribution < 1.29 is 26.0 Å². The van der Waals surface area contributed by atoms with Crippen LogP contribution in [0.4, 0.5) is 0 Å². The van der Waals surface area contributed by atoms with E-state index in [1.54, 1.807) is 0 Å². The van der Waals surface area contributed by atoms with Crippen molar-refractivity contribution in [2.45, 2.75) is 0 Å². The Kier molecular flexibility index (Phi) is 6.48.